The highest BCUT2D eigenvalue weighted by Crippen LogP contribution is 2.31. The molecule has 10 heteroatoms. The van der Waals surface area contributed by atoms with Gasteiger partial charge in [-0.05, 0) is 11.3 Å². The number of aryl methyl sites for hydroxylation is 1. The highest BCUT2D eigenvalue weighted by atomic mass is 32.1. The largest absolute Gasteiger partial charge is 0.372 e. The van der Waals surface area contributed by atoms with Crippen molar-refractivity contribution in [2.45, 2.75) is 26.3 Å². The van der Waals surface area contributed by atoms with Gasteiger partial charge in [-0.2, -0.15) is 14.4 Å². The Balaban J connectivity index is 1.98. The third-order valence-corrected chi connectivity index (χ3v) is 3.74. The Morgan fingerprint density at radius 2 is 2.38 bits per heavy atom. The second kappa shape index (κ2) is 5.13. The van der Waals surface area contributed by atoms with Crippen molar-refractivity contribution in [3.63, 3.8) is 0 Å². The lowest BCUT2D eigenvalue weighted by Gasteiger charge is -2.11. The zero-order valence-corrected chi connectivity index (χ0v) is 12.1. The molecule has 1 N–H and O–H groups in total. The lowest BCUT2D eigenvalue weighted by Crippen LogP contribution is -2.13. The molecule has 0 fully saturated rings. The molecule has 0 spiro atoms. The number of nitrogens with one attached hydrogen (secondary N) is 1. The van der Waals surface area contributed by atoms with Gasteiger partial charge in [-0.3, -0.25) is 0 Å². The quantitative estimate of drug-likeness (QED) is 0.569. The van der Waals surface area contributed by atoms with Gasteiger partial charge in [-0.15, -0.1) is 0 Å². The van der Waals surface area contributed by atoms with Crippen LogP contribution in [0, 0.1) is 17.0 Å². The zero-order chi connectivity index (χ0) is 15.0. The van der Waals surface area contributed by atoms with Gasteiger partial charge in [0.25, 0.3) is 4.96 Å². The van der Waals surface area contributed by atoms with E-state index in [0.717, 1.165) is 0 Å². The summed E-state index contributed by atoms with van der Waals surface area (Å²) in [4.78, 5) is 19.8. The number of anilines is 1. The normalized spacial score (nSPS) is 12.7. The molecule has 3 heterocycles. The summed E-state index contributed by atoms with van der Waals surface area (Å²) >= 11 is 1.33. The van der Waals surface area contributed by atoms with E-state index in [9.17, 15) is 10.1 Å². The van der Waals surface area contributed by atoms with Crippen LogP contribution in [0.5, 0.6) is 0 Å². The molecule has 0 bridgehead atoms. The number of aromatic nitrogens is 4. The van der Waals surface area contributed by atoms with E-state index < -0.39 is 4.92 Å². The molecule has 0 amide bonds. The molecule has 3 aromatic rings. The minimum Gasteiger partial charge on any atom is -0.358 e. The molecule has 0 radical (unpaired) electrons. The molecule has 9 nitrogen and oxygen atoms in total. The van der Waals surface area contributed by atoms with Crippen molar-refractivity contribution in [1.82, 2.24) is 19.5 Å². The molecular formula is C11H12N6O3S. The zero-order valence-electron chi connectivity index (χ0n) is 11.3. The number of fused-ring (bicyclic) bond motifs is 1. The van der Waals surface area contributed by atoms with Crippen LogP contribution in [0.4, 0.5) is 11.6 Å². The Morgan fingerprint density at radius 3 is 3.00 bits per heavy atom. The minimum absolute atomic E-state index is 0.0927. The summed E-state index contributed by atoms with van der Waals surface area (Å²) in [5.74, 6) is 1.03. The summed E-state index contributed by atoms with van der Waals surface area (Å²) in [6.45, 7) is 3.62. The highest BCUT2D eigenvalue weighted by Gasteiger charge is 2.27. The first-order valence-electron chi connectivity index (χ1n) is 6.26. The first kappa shape index (κ1) is 13.5. The number of hydrogen-bond acceptors (Lipinski definition) is 8. The van der Waals surface area contributed by atoms with E-state index in [2.05, 4.69) is 20.4 Å². The topological polar surface area (TPSA) is 111 Å². The number of imidazole rings is 1. The third kappa shape index (κ3) is 2.33. The van der Waals surface area contributed by atoms with Crippen molar-refractivity contribution in [3.8, 4) is 0 Å². The number of nitro groups is 1. The molecular weight excluding hydrogens is 296 g/mol. The van der Waals surface area contributed by atoms with Gasteiger partial charge in [0.2, 0.25) is 11.7 Å². The first-order chi connectivity index (χ1) is 10.1. The lowest BCUT2D eigenvalue weighted by molar-refractivity contribution is -0.389. The Kier molecular flexibility index (Phi) is 3.29. The summed E-state index contributed by atoms with van der Waals surface area (Å²) in [6, 6.07) is -0.300. The minimum atomic E-state index is -0.455. The van der Waals surface area contributed by atoms with E-state index in [0.29, 0.717) is 23.1 Å². The summed E-state index contributed by atoms with van der Waals surface area (Å²) in [6.07, 6.45) is 2.26. The average molecular weight is 308 g/mol. The number of rotatable bonds is 5. The molecule has 0 aliphatic rings. The average Bonchev–Trinajstić information content (AvgIpc) is 3.10. The first-order valence-corrected chi connectivity index (χ1v) is 7.14. The van der Waals surface area contributed by atoms with Crippen molar-refractivity contribution in [1.29, 1.82) is 0 Å². The fourth-order valence-corrected chi connectivity index (χ4v) is 2.72. The van der Waals surface area contributed by atoms with Crippen molar-refractivity contribution in [2.24, 2.45) is 0 Å². The van der Waals surface area contributed by atoms with Gasteiger partial charge in [-0.1, -0.05) is 23.4 Å². The molecule has 0 aliphatic heterocycles. The molecule has 0 saturated carbocycles. The lowest BCUT2D eigenvalue weighted by atomic mass is 10.2. The predicted molar refractivity (Wildman–Crippen MR) is 75.4 cm³/mol. The summed E-state index contributed by atoms with van der Waals surface area (Å²) in [5.41, 5.74) is 0. The fraction of sp³-hybridized carbons (Fsp3) is 0.364. The van der Waals surface area contributed by atoms with Gasteiger partial charge < -0.3 is 20.0 Å². The van der Waals surface area contributed by atoms with Gasteiger partial charge in [0.1, 0.15) is 6.20 Å². The Labute approximate surface area is 122 Å². The van der Waals surface area contributed by atoms with Crippen molar-refractivity contribution < 1.29 is 9.45 Å². The van der Waals surface area contributed by atoms with E-state index in [-0.39, 0.29) is 17.7 Å². The van der Waals surface area contributed by atoms with Crippen LogP contribution in [0.1, 0.15) is 31.1 Å². The molecule has 1 atom stereocenters. The van der Waals surface area contributed by atoms with Crippen molar-refractivity contribution in [2.75, 3.05) is 5.32 Å². The van der Waals surface area contributed by atoms with Crippen LogP contribution >= 0.6 is 11.3 Å². The Morgan fingerprint density at radius 1 is 1.57 bits per heavy atom. The van der Waals surface area contributed by atoms with E-state index >= 15 is 0 Å². The monoisotopic (exact) mass is 308 g/mol. The summed E-state index contributed by atoms with van der Waals surface area (Å²) in [7, 11) is 0. The standard InChI is InChI=1S/C11H12N6O3S/c1-3-7(8-12-6(2)20-15-8)13-9-10(17(18)19)16-4-5-21-11(16)14-9/h4-5,7,13H,3H2,1-2H3. The second-order valence-electron chi connectivity index (χ2n) is 4.37. The van der Waals surface area contributed by atoms with Crippen LogP contribution in [0.25, 0.3) is 4.96 Å². The third-order valence-electron chi connectivity index (χ3n) is 2.98. The van der Waals surface area contributed by atoms with Gasteiger partial charge in [0.05, 0.1) is 6.04 Å². The van der Waals surface area contributed by atoms with Crippen LogP contribution in [-0.2, 0) is 0 Å². The van der Waals surface area contributed by atoms with Gasteiger partial charge in [0, 0.05) is 12.3 Å². The van der Waals surface area contributed by atoms with Crippen molar-refractivity contribution >= 4 is 27.9 Å². The number of thiazole rings is 1. The fourth-order valence-electron chi connectivity index (χ4n) is 2.02. The van der Waals surface area contributed by atoms with Crippen LogP contribution in [0.2, 0.25) is 0 Å². The van der Waals surface area contributed by atoms with Gasteiger partial charge >= 0.3 is 5.82 Å². The summed E-state index contributed by atoms with van der Waals surface area (Å²) in [5, 5.41) is 19.9. The maximum absolute atomic E-state index is 11.3. The van der Waals surface area contributed by atoms with Crippen LogP contribution < -0.4 is 5.32 Å². The van der Waals surface area contributed by atoms with Crippen LogP contribution in [0.3, 0.4) is 0 Å². The maximum atomic E-state index is 11.3. The number of nitrogens with zero attached hydrogens (tertiary/aromatic N) is 5. The van der Waals surface area contributed by atoms with Crippen molar-refractivity contribution in [3.05, 3.63) is 33.4 Å². The molecule has 21 heavy (non-hydrogen) atoms. The molecule has 0 aliphatic carbocycles. The second-order valence-corrected chi connectivity index (χ2v) is 5.25. The summed E-state index contributed by atoms with van der Waals surface area (Å²) < 4.78 is 6.39. The Bertz CT molecular complexity index is 791. The molecule has 110 valence electrons. The van der Waals surface area contributed by atoms with E-state index in [4.69, 9.17) is 4.52 Å². The Hall–Kier alpha value is -2.49. The molecule has 0 saturated heterocycles. The number of hydrogen-bond donors (Lipinski definition) is 1. The highest BCUT2D eigenvalue weighted by molar-refractivity contribution is 7.15. The molecule has 0 aromatic carbocycles. The van der Waals surface area contributed by atoms with E-state index in [1.165, 1.54) is 15.7 Å². The van der Waals surface area contributed by atoms with E-state index in [1.54, 1.807) is 18.5 Å². The van der Waals surface area contributed by atoms with Crippen LogP contribution in [-0.4, -0.2) is 24.4 Å². The molecule has 3 aromatic heterocycles. The van der Waals surface area contributed by atoms with E-state index in [1.807, 2.05) is 6.92 Å². The smallest absolute Gasteiger partial charge is 0.358 e. The predicted octanol–water partition coefficient (Wildman–Crippen LogP) is 2.56. The van der Waals surface area contributed by atoms with Crippen LogP contribution in [0.15, 0.2) is 16.1 Å². The SMILES string of the molecule is CCC(Nc1nc2sccn2c1[N+](=O)[O-])c1noc(C)n1. The molecule has 1 unspecified atom stereocenters. The molecule has 3 rings (SSSR count). The van der Waals surface area contributed by atoms with Gasteiger partial charge in [0.15, 0.2) is 5.82 Å². The maximum Gasteiger partial charge on any atom is 0.372 e. The van der Waals surface area contributed by atoms with Gasteiger partial charge in [-0.25, -0.2) is 0 Å².